The number of aryl methyl sites for hydroxylation is 1. The second kappa shape index (κ2) is 5.85. The van der Waals surface area contributed by atoms with Gasteiger partial charge in [0.2, 0.25) is 11.8 Å². The molecule has 1 aliphatic heterocycles. The van der Waals surface area contributed by atoms with Crippen LogP contribution in [0.3, 0.4) is 0 Å². The summed E-state index contributed by atoms with van der Waals surface area (Å²) >= 11 is 0. The molecule has 6 heteroatoms. The number of aromatic amines is 1. The number of aromatic nitrogens is 1. The number of imide groups is 1. The molecule has 6 nitrogen and oxygen atoms in total. The summed E-state index contributed by atoms with van der Waals surface area (Å²) in [4.78, 5) is 53.2. The Labute approximate surface area is 139 Å². The maximum atomic E-state index is 12.6. The third-order valence-electron chi connectivity index (χ3n) is 4.97. The van der Waals surface area contributed by atoms with Crippen molar-refractivity contribution in [2.45, 2.75) is 33.6 Å². The number of fused-ring (bicyclic) bond motifs is 1. The van der Waals surface area contributed by atoms with E-state index in [-0.39, 0.29) is 41.8 Å². The largest absolute Gasteiger partial charge is 0.355 e. The summed E-state index contributed by atoms with van der Waals surface area (Å²) in [6.45, 7) is 4.60. The molecule has 0 saturated carbocycles. The number of ketones is 2. The van der Waals surface area contributed by atoms with Gasteiger partial charge in [0.1, 0.15) is 0 Å². The van der Waals surface area contributed by atoms with Gasteiger partial charge in [0, 0.05) is 11.3 Å². The average Bonchev–Trinajstić information content (AvgIpc) is 2.97. The first-order valence-corrected chi connectivity index (χ1v) is 8.06. The van der Waals surface area contributed by atoms with Gasteiger partial charge >= 0.3 is 0 Å². The van der Waals surface area contributed by atoms with Crippen LogP contribution in [0.4, 0.5) is 0 Å². The Bertz CT molecular complexity index is 761. The number of amides is 2. The highest BCUT2D eigenvalue weighted by Gasteiger charge is 2.47. The molecule has 1 aromatic rings. The molecule has 3 rings (SSSR count). The number of carbonyl (C=O) groups excluding carboxylic acids is 4. The van der Waals surface area contributed by atoms with Crippen molar-refractivity contribution in [1.29, 1.82) is 0 Å². The van der Waals surface area contributed by atoms with Gasteiger partial charge in [0.05, 0.1) is 24.1 Å². The maximum Gasteiger partial charge on any atom is 0.233 e. The van der Waals surface area contributed by atoms with Crippen LogP contribution >= 0.6 is 0 Å². The van der Waals surface area contributed by atoms with E-state index >= 15 is 0 Å². The molecule has 24 heavy (non-hydrogen) atoms. The van der Waals surface area contributed by atoms with Gasteiger partial charge in [-0.25, -0.2) is 0 Å². The van der Waals surface area contributed by atoms with Crippen LogP contribution in [0.5, 0.6) is 0 Å². The van der Waals surface area contributed by atoms with E-state index < -0.39 is 0 Å². The van der Waals surface area contributed by atoms with Crippen LogP contribution in [0.15, 0.2) is 12.2 Å². The van der Waals surface area contributed by atoms with Gasteiger partial charge in [-0.05, 0) is 39.2 Å². The van der Waals surface area contributed by atoms with Crippen LogP contribution < -0.4 is 0 Å². The molecule has 0 radical (unpaired) electrons. The van der Waals surface area contributed by atoms with E-state index in [0.29, 0.717) is 35.4 Å². The Morgan fingerprint density at radius 3 is 2.12 bits per heavy atom. The van der Waals surface area contributed by atoms with Gasteiger partial charge in [0.25, 0.3) is 0 Å². The van der Waals surface area contributed by atoms with Crippen molar-refractivity contribution < 1.29 is 19.2 Å². The highest BCUT2D eigenvalue weighted by atomic mass is 16.2. The topological polar surface area (TPSA) is 87.3 Å². The number of H-pyrrole nitrogens is 1. The van der Waals surface area contributed by atoms with Crippen molar-refractivity contribution in [3.63, 3.8) is 0 Å². The zero-order valence-electron chi connectivity index (χ0n) is 14.0. The summed E-state index contributed by atoms with van der Waals surface area (Å²) in [7, 11) is 0. The highest BCUT2D eigenvalue weighted by Crippen LogP contribution is 2.35. The number of hydrogen-bond acceptors (Lipinski definition) is 4. The number of allylic oxidation sites excluding steroid dienone is 2. The number of carbonyl (C=O) groups is 4. The van der Waals surface area contributed by atoms with Crippen LogP contribution in [0.1, 0.15) is 51.9 Å². The molecule has 2 unspecified atom stereocenters. The van der Waals surface area contributed by atoms with E-state index in [0.717, 1.165) is 4.90 Å². The van der Waals surface area contributed by atoms with E-state index in [4.69, 9.17) is 0 Å². The summed E-state index contributed by atoms with van der Waals surface area (Å²) in [5.41, 5.74) is 1.99. The van der Waals surface area contributed by atoms with Crippen LogP contribution in [0.25, 0.3) is 0 Å². The smallest absolute Gasteiger partial charge is 0.233 e. The van der Waals surface area contributed by atoms with Crippen molar-refractivity contribution in [3.05, 3.63) is 34.7 Å². The number of hydrogen-bond donors (Lipinski definition) is 1. The van der Waals surface area contributed by atoms with Gasteiger partial charge in [0.15, 0.2) is 11.6 Å². The zero-order valence-corrected chi connectivity index (χ0v) is 14.0. The van der Waals surface area contributed by atoms with E-state index in [9.17, 15) is 19.2 Å². The SMILES string of the molecule is CC(=O)c1c(C)[nH]c(C(=O)CN2C(=O)C3CC=CCC3C2=O)c1C. The monoisotopic (exact) mass is 328 g/mol. The predicted octanol–water partition coefficient (Wildman–Crippen LogP) is 1.97. The van der Waals surface area contributed by atoms with Crippen LogP contribution in [-0.4, -0.2) is 39.8 Å². The van der Waals surface area contributed by atoms with Crippen molar-refractivity contribution in [1.82, 2.24) is 9.88 Å². The Morgan fingerprint density at radius 2 is 1.67 bits per heavy atom. The highest BCUT2D eigenvalue weighted by molar-refractivity contribution is 6.11. The third-order valence-corrected chi connectivity index (χ3v) is 4.97. The van der Waals surface area contributed by atoms with Crippen molar-refractivity contribution in [2.24, 2.45) is 11.8 Å². The quantitative estimate of drug-likeness (QED) is 0.520. The molecule has 0 bridgehead atoms. The molecule has 126 valence electrons. The molecule has 1 aromatic heterocycles. The lowest BCUT2D eigenvalue weighted by molar-refractivity contribution is -0.139. The molecule has 0 aromatic carbocycles. The lowest BCUT2D eigenvalue weighted by Gasteiger charge is -2.14. The fourth-order valence-electron chi connectivity index (χ4n) is 3.80. The second-order valence-corrected chi connectivity index (χ2v) is 6.52. The summed E-state index contributed by atoms with van der Waals surface area (Å²) in [6.07, 6.45) is 4.93. The minimum absolute atomic E-state index is 0.120. The van der Waals surface area contributed by atoms with E-state index in [1.807, 2.05) is 12.2 Å². The molecule has 1 N–H and O–H groups in total. The maximum absolute atomic E-state index is 12.6. The van der Waals surface area contributed by atoms with Crippen LogP contribution in [-0.2, 0) is 9.59 Å². The first kappa shape index (κ1) is 16.4. The van der Waals surface area contributed by atoms with E-state index in [2.05, 4.69) is 4.98 Å². The van der Waals surface area contributed by atoms with Gasteiger partial charge in [-0.1, -0.05) is 12.2 Å². The Balaban J connectivity index is 1.83. The number of likely N-dealkylation sites (tertiary alicyclic amines) is 1. The van der Waals surface area contributed by atoms with Crippen molar-refractivity contribution >= 4 is 23.4 Å². The van der Waals surface area contributed by atoms with Crippen molar-refractivity contribution in [2.75, 3.05) is 6.54 Å². The van der Waals surface area contributed by atoms with Gasteiger partial charge in [-0.2, -0.15) is 0 Å². The molecule has 1 fully saturated rings. The lowest BCUT2D eigenvalue weighted by Crippen LogP contribution is -2.36. The minimum atomic E-state index is -0.351. The molecule has 2 aliphatic rings. The lowest BCUT2D eigenvalue weighted by atomic mass is 9.85. The first-order chi connectivity index (χ1) is 11.3. The summed E-state index contributed by atoms with van der Waals surface area (Å²) in [5.74, 6) is -1.68. The Morgan fingerprint density at radius 1 is 1.12 bits per heavy atom. The molecular weight excluding hydrogens is 308 g/mol. The fourth-order valence-corrected chi connectivity index (χ4v) is 3.80. The normalized spacial score (nSPS) is 22.9. The molecular formula is C18H20N2O4. The number of rotatable bonds is 4. The molecule has 2 atom stereocenters. The van der Waals surface area contributed by atoms with Gasteiger partial charge < -0.3 is 4.98 Å². The van der Waals surface area contributed by atoms with Crippen LogP contribution in [0, 0.1) is 25.7 Å². The number of nitrogens with one attached hydrogen (secondary N) is 1. The summed E-state index contributed by atoms with van der Waals surface area (Å²) in [6, 6.07) is 0. The fraction of sp³-hybridized carbons (Fsp3) is 0.444. The third kappa shape index (κ3) is 2.42. The molecule has 2 heterocycles. The van der Waals surface area contributed by atoms with Gasteiger partial charge in [-0.15, -0.1) is 0 Å². The average molecular weight is 328 g/mol. The number of nitrogens with zero attached hydrogens (tertiary/aromatic N) is 1. The first-order valence-electron chi connectivity index (χ1n) is 8.06. The van der Waals surface area contributed by atoms with Gasteiger partial charge in [-0.3, -0.25) is 24.1 Å². The number of Topliss-reactive ketones (excluding diaryl/α,β-unsaturated/α-hetero) is 2. The van der Waals surface area contributed by atoms with Crippen molar-refractivity contribution in [3.8, 4) is 0 Å². The Kier molecular flexibility index (Phi) is 3.99. The minimum Gasteiger partial charge on any atom is -0.355 e. The second-order valence-electron chi connectivity index (χ2n) is 6.52. The van der Waals surface area contributed by atoms with Crippen LogP contribution in [0.2, 0.25) is 0 Å². The van der Waals surface area contributed by atoms with E-state index in [1.54, 1.807) is 13.8 Å². The molecule has 2 amide bonds. The molecule has 0 spiro atoms. The standard InChI is InChI=1S/C18H20N2O4/c1-9-15(11(3)21)10(2)19-16(9)14(22)8-20-17(23)12-6-4-5-7-13(12)18(20)24/h4-5,12-13,19H,6-8H2,1-3H3. The molecule has 1 saturated heterocycles. The van der Waals surface area contributed by atoms with E-state index in [1.165, 1.54) is 6.92 Å². The predicted molar refractivity (Wildman–Crippen MR) is 86.7 cm³/mol. The Hall–Kier alpha value is -2.50. The summed E-state index contributed by atoms with van der Waals surface area (Å²) in [5, 5.41) is 0. The zero-order chi connectivity index (χ0) is 17.6. The molecule has 1 aliphatic carbocycles. The summed E-state index contributed by atoms with van der Waals surface area (Å²) < 4.78 is 0.